The number of carboxylic acid groups (broad SMARTS) is 1. The van der Waals surface area contributed by atoms with Gasteiger partial charge in [-0.15, -0.1) is 0 Å². The molecule has 2 rings (SSSR count). The maximum atomic E-state index is 11.4. The summed E-state index contributed by atoms with van der Waals surface area (Å²) in [6, 6.07) is 10.5. The standard InChI is InChI=1S/C17H25NO2/c1-2-17(16(19)20)10-13-18(14-11-17)12-6-9-15-7-4-3-5-8-15/h3-5,7-8H,2,6,9-14H2,1H3,(H,19,20). The molecule has 3 heteroatoms. The molecule has 0 radical (unpaired) electrons. The summed E-state index contributed by atoms with van der Waals surface area (Å²) < 4.78 is 0. The molecule has 0 saturated carbocycles. The first-order chi connectivity index (χ1) is 9.66. The molecule has 110 valence electrons. The molecular weight excluding hydrogens is 250 g/mol. The van der Waals surface area contributed by atoms with Gasteiger partial charge in [-0.2, -0.15) is 0 Å². The highest BCUT2D eigenvalue weighted by molar-refractivity contribution is 5.74. The van der Waals surface area contributed by atoms with E-state index in [9.17, 15) is 9.90 Å². The molecule has 20 heavy (non-hydrogen) atoms. The van der Waals surface area contributed by atoms with Gasteiger partial charge in [-0.3, -0.25) is 4.79 Å². The topological polar surface area (TPSA) is 40.5 Å². The normalized spacial score (nSPS) is 18.9. The van der Waals surface area contributed by atoms with Crippen LogP contribution in [0.15, 0.2) is 30.3 Å². The first-order valence-electron chi connectivity index (χ1n) is 7.66. The highest BCUT2D eigenvalue weighted by atomic mass is 16.4. The van der Waals surface area contributed by atoms with Gasteiger partial charge in [0, 0.05) is 0 Å². The smallest absolute Gasteiger partial charge is 0.309 e. The monoisotopic (exact) mass is 275 g/mol. The van der Waals surface area contributed by atoms with Gasteiger partial charge in [-0.1, -0.05) is 37.3 Å². The molecular formula is C17H25NO2. The number of benzene rings is 1. The molecule has 0 bridgehead atoms. The van der Waals surface area contributed by atoms with E-state index in [1.165, 1.54) is 5.56 Å². The molecule has 1 heterocycles. The van der Waals surface area contributed by atoms with Crippen LogP contribution in [0.2, 0.25) is 0 Å². The van der Waals surface area contributed by atoms with Crippen LogP contribution in [0.5, 0.6) is 0 Å². The molecule has 1 aliphatic rings. The second kappa shape index (κ2) is 6.89. The third kappa shape index (κ3) is 3.60. The zero-order valence-electron chi connectivity index (χ0n) is 12.3. The van der Waals surface area contributed by atoms with Crippen molar-refractivity contribution in [3.8, 4) is 0 Å². The fraction of sp³-hybridized carbons (Fsp3) is 0.588. The van der Waals surface area contributed by atoms with Crippen molar-refractivity contribution in [1.82, 2.24) is 4.90 Å². The van der Waals surface area contributed by atoms with Crippen molar-refractivity contribution >= 4 is 5.97 Å². The van der Waals surface area contributed by atoms with Crippen LogP contribution in [0.3, 0.4) is 0 Å². The third-order valence-corrected chi connectivity index (χ3v) is 4.73. The van der Waals surface area contributed by atoms with Crippen molar-refractivity contribution in [3.05, 3.63) is 35.9 Å². The van der Waals surface area contributed by atoms with Crippen molar-refractivity contribution in [1.29, 1.82) is 0 Å². The van der Waals surface area contributed by atoms with Crippen LogP contribution in [0.1, 0.15) is 38.2 Å². The summed E-state index contributed by atoms with van der Waals surface area (Å²) >= 11 is 0. The molecule has 0 amide bonds. The fourth-order valence-electron chi connectivity index (χ4n) is 3.07. The first-order valence-corrected chi connectivity index (χ1v) is 7.66. The summed E-state index contributed by atoms with van der Waals surface area (Å²) in [5.74, 6) is -0.607. The van der Waals surface area contributed by atoms with E-state index in [1.807, 2.05) is 13.0 Å². The minimum absolute atomic E-state index is 0.462. The summed E-state index contributed by atoms with van der Waals surface area (Å²) in [5.41, 5.74) is 0.925. The number of aryl methyl sites for hydroxylation is 1. The quantitative estimate of drug-likeness (QED) is 0.866. The van der Waals surface area contributed by atoms with Gasteiger partial charge in [-0.25, -0.2) is 0 Å². The van der Waals surface area contributed by atoms with Crippen molar-refractivity contribution in [2.75, 3.05) is 19.6 Å². The van der Waals surface area contributed by atoms with Gasteiger partial charge < -0.3 is 10.0 Å². The number of piperidine rings is 1. The third-order valence-electron chi connectivity index (χ3n) is 4.73. The number of carbonyl (C=O) groups is 1. The Morgan fingerprint density at radius 2 is 1.90 bits per heavy atom. The first kappa shape index (κ1) is 15.0. The predicted molar refractivity (Wildman–Crippen MR) is 80.8 cm³/mol. The Morgan fingerprint density at radius 3 is 2.45 bits per heavy atom. The second-order valence-corrected chi connectivity index (χ2v) is 5.87. The van der Waals surface area contributed by atoms with E-state index in [1.54, 1.807) is 0 Å². The molecule has 0 atom stereocenters. The number of aliphatic carboxylic acids is 1. The lowest BCUT2D eigenvalue weighted by Crippen LogP contribution is -2.44. The zero-order valence-corrected chi connectivity index (χ0v) is 12.3. The molecule has 0 aliphatic carbocycles. The van der Waals surface area contributed by atoms with E-state index in [0.29, 0.717) is 0 Å². The van der Waals surface area contributed by atoms with Gasteiger partial charge in [0.05, 0.1) is 5.41 Å². The van der Waals surface area contributed by atoms with Crippen LogP contribution in [-0.4, -0.2) is 35.6 Å². The number of rotatable bonds is 6. The molecule has 0 spiro atoms. The van der Waals surface area contributed by atoms with Gasteiger partial charge >= 0.3 is 5.97 Å². The summed E-state index contributed by atoms with van der Waals surface area (Å²) in [7, 11) is 0. The van der Waals surface area contributed by atoms with Gasteiger partial charge in [0.25, 0.3) is 0 Å². The van der Waals surface area contributed by atoms with E-state index in [-0.39, 0.29) is 0 Å². The van der Waals surface area contributed by atoms with E-state index in [2.05, 4.69) is 29.2 Å². The van der Waals surface area contributed by atoms with Gasteiger partial charge in [-0.05, 0) is 57.3 Å². The lowest BCUT2D eigenvalue weighted by molar-refractivity contribution is -0.152. The zero-order chi connectivity index (χ0) is 14.4. The lowest BCUT2D eigenvalue weighted by atomic mass is 9.76. The minimum atomic E-state index is -0.607. The minimum Gasteiger partial charge on any atom is -0.481 e. The van der Waals surface area contributed by atoms with Crippen LogP contribution in [0, 0.1) is 5.41 Å². The van der Waals surface area contributed by atoms with Crippen LogP contribution in [0.25, 0.3) is 0 Å². The summed E-state index contributed by atoms with van der Waals surface area (Å²) in [5, 5.41) is 9.38. The Kier molecular flexibility index (Phi) is 5.18. The van der Waals surface area contributed by atoms with E-state index in [4.69, 9.17) is 0 Å². The van der Waals surface area contributed by atoms with Crippen molar-refractivity contribution < 1.29 is 9.90 Å². The fourth-order valence-corrected chi connectivity index (χ4v) is 3.07. The van der Waals surface area contributed by atoms with Crippen molar-refractivity contribution in [3.63, 3.8) is 0 Å². The molecule has 1 aromatic carbocycles. The van der Waals surface area contributed by atoms with Crippen molar-refractivity contribution in [2.45, 2.75) is 39.0 Å². The molecule has 1 saturated heterocycles. The number of hydrogen-bond donors (Lipinski definition) is 1. The number of hydrogen-bond acceptors (Lipinski definition) is 2. The molecule has 1 fully saturated rings. The summed E-state index contributed by atoms with van der Waals surface area (Å²) in [4.78, 5) is 13.8. The average molecular weight is 275 g/mol. The maximum absolute atomic E-state index is 11.4. The van der Waals surface area contributed by atoms with Gasteiger partial charge in [0.2, 0.25) is 0 Å². The van der Waals surface area contributed by atoms with Crippen molar-refractivity contribution in [2.24, 2.45) is 5.41 Å². The van der Waals surface area contributed by atoms with Crippen LogP contribution >= 0.6 is 0 Å². The summed E-state index contributed by atoms with van der Waals surface area (Å²) in [6.45, 7) is 4.93. The van der Waals surface area contributed by atoms with Crippen LogP contribution < -0.4 is 0 Å². The highest BCUT2D eigenvalue weighted by Crippen LogP contribution is 2.35. The predicted octanol–water partition coefficient (Wildman–Crippen LogP) is 3.20. The second-order valence-electron chi connectivity index (χ2n) is 5.87. The molecule has 1 aliphatic heterocycles. The van der Waals surface area contributed by atoms with E-state index >= 15 is 0 Å². The Balaban J connectivity index is 1.73. The average Bonchev–Trinajstić information content (AvgIpc) is 2.49. The van der Waals surface area contributed by atoms with Gasteiger partial charge in [0.1, 0.15) is 0 Å². The highest BCUT2D eigenvalue weighted by Gasteiger charge is 2.39. The Hall–Kier alpha value is -1.35. The summed E-state index contributed by atoms with van der Waals surface area (Å²) in [6.07, 6.45) is 4.60. The van der Waals surface area contributed by atoms with Crippen LogP contribution in [-0.2, 0) is 11.2 Å². The van der Waals surface area contributed by atoms with E-state index in [0.717, 1.165) is 51.7 Å². The van der Waals surface area contributed by atoms with Gasteiger partial charge in [0.15, 0.2) is 0 Å². The SMILES string of the molecule is CCC1(C(=O)O)CCN(CCCc2ccccc2)CC1. The molecule has 1 N–H and O–H groups in total. The molecule has 1 aromatic rings. The van der Waals surface area contributed by atoms with E-state index < -0.39 is 11.4 Å². The number of carboxylic acids is 1. The molecule has 0 unspecified atom stereocenters. The largest absolute Gasteiger partial charge is 0.481 e. The number of nitrogens with zero attached hydrogens (tertiary/aromatic N) is 1. The lowest BCUT2D eigenvalue weighted by Gasteiger charge is -2.38. The molecule has 3 nitrogen and oxygen atoms in total. The number of likely N-dealkylation sites (tertiary alicyclic amines) is 1. The Labute approximate surface area is 121 Å². The Morgan fingerprint density at radius 1 is 1.25 bits per heavy atom. The molecule has 0 aromatic heterocycles. The maximum Gasteiger partial charge on any atom is 0.309 e. The van der Waals surface area contributed by atoms with Crippen LogP contribution in [0.4, 0.5) is 0 Å². The Bertz CT molecular complexity index is 422.